The summed E-state index contributed by atoms with van der Waals surface area (Å²) in [6, 6.07) is 6.40. The molecule has 5 rings (SSSR count). The number of hydrogen-bond donors (Lipinski definition) is 1. The van der Waals surface area contributed by atoms with Gasteiger partial charge in [-0.05, 0) is 109 Å². The van der Waals surface area contributed by atoms with Crippen molar-refractivity contribution < 1.29 is 13.4 Å². The number of nitrogens with zero attached hydrogens (tertiary/aromatic N) is 1. The van der Waals surface area contributed by atoms with E-state index in [-0.39, 0.29) is 17.1 Å². The molecule has 0 aliphatic heterocycles. The Kier molecular flexibility index (Phi) is 6.34. The molecule has 32 heavy (non-hydrogen) atoms. The molecule has 178 valence electrons. The van der Waals surface area contributed by atoms with Crippen LogP contribution in [-0.2, 0) is 21.3 Å². The summed E-state index contributed by atoms with van der Waals surface area (Å²) in [5.74, 6) is 1.54. The standard InChI is InChI=1S/C26H39FN2O2S/c1-6-29(7-2)23(30)26(28-32(31)24(3,4)5,21-8-10-22(27)11-9-21)25-15-18-12-19(16-25)14-20(13-18)17-25/h8-11,18-20,28H,6-7,12-17H2,1-5H3/t18?,19?,20?,25?,26-,32+/m1/s1. The van der Waals surface area contributed by atoms with Gasteiger partial charge >= 0.3 is 0 Å². The Morgan fingerprint density at radius 1 is 1.03 bits per heavy atom. The van der Waals surface area contributed by atoms with Gasteiger partial charge in [-0.2, -0.15) is 0 Å². The zero-order chi connectivity index (χ0) is 23.3. The number of rotatable bonds is 7. The number of carbonyl (C=O) groups is 1. The number of nitrogens with one attached hydrogen (secondary N) is 1. The fourth-order valence-corrected chi connectivity index (χ4v) is 8.18. The number of carbonyl (C=O) groups excluding carboxylic acids is 1. The van der Waals surface area contributed by atoms with E-state index in [1.54, 1.807) is 12.1 Å². The van der Waals surface area contributed by atoms with Crippen molar-refractivity contribution in [1.29, 1.82) is 0 Å². The number of halogens is 1. The lowest BCUT2D eigenvalue weighted by Crippen LogP contribution is -2.69. The Labute approximate surface area is 195 Å². The molecule has 0 aromatic heterocycles. The molecule has 2 atom stereocenters. The van der Waals surface area contributed by atoms with Crippen LogP contribution in [0.2, 0.25) is 0 Å². The normalized spacial score (nSPS) is 31.9. The second-order valence-corrected chi connectivity index (χ2v) is 13.4. The van der Waals surface area contributed by atoms with E-state index in [0.29, 0.717) is 30.8 Å². The first kappa shape index (κ1) is 23.9. The highest BCUT2D eigenvalue weighted by atomic mass is 32.2. The smallest absolute Gasteiger partial charge is 0.248 e. The van der Waals surface area contributed by atoms with Crippen molar-refractivity contribution in [2.45, 2.75) is 83.4 Å². The van der Waals surface area contributed by atoms with Crippen LogP contribution in [0.25, 0.3) is 0 Å². The third-order valence-electron chi connectivity index (χ3n) is 8.28. The molecule has 4 aliphatic carbocycles. The SMILES string of the molecule is CCN(CC)C(=O)[C@](N[S@@](=O)C(C)(C)C)(c1ccc(F)cc1)C12CC3CC(CC(C3)C1)C2. The monoisotopic (exact) mass is 462 g/mol. The van der Waals surface area contributed by atoms with E-state index in [4.69, 9.17) is 0 Å². The van der Waals surface area contributed by atoms with Crippen molar-refractivity contribution in [1.82, 2.24) is 9.62 Å². The average Bonchev–Trinajstić information content (AvgIpc) is 2.71. The van der Waals surface area contributed by atoms with Gasteiger partial charge in [-0.25, -0.2) is 13.3 Å². The van der Waals surface area contributed by atoms with E-state index in [2.05, 4.69) is 4.72 Å². The van der Waals surface area contributed by atoms with Gasteiger partial charge < -0.3 is 4.90 Å². The third-order valence-corrected chi connectivity index (χ3v) is 9.89. The van der Waals surface area contributed by atoms with Gasteiger partial charge in [0.25, 0.3) is 0 Å². The molecule has 1 aromatic carbocycles. The summed E-state index contributed by atoms with van der Waals surface area (Å²) in [5, 5.41) is 0. The number of hydrogen-bond acceptors (Lipinski definition) is 2. The van der Waals surface area contributed by atoms with E-state index in [1.807, 2.05) is 39.5 Å². The molecule has 0 spiro atoms. The van der Waals surface area contributed by atoms with Gasteiger partial charge in [0.2, 0.25) is 5.91 Å². The van der Waals surface area contributed by atoms with Gasteiger partial charge in [-0.3, -0.25) is 4.79 Å². The fraction of sp³-hybridized carbons (Fsp3) is 0.731. The van der Waals surface area contributed by atoms with Crippen LogP contribution in [0, 0.1) is 29.0 Å². The lowest BCUT2D eigenvalue weighted by molar-refractivity contribution is -0.159. The van der Waals surface area contributed by atoms with Gasteiger partial charge in [-0.15, -0.1) is 0 Å². The Bertz CT molecular complexity index is 840. The van der Waals surface area contributed by atoms with Crippen molar-refractivity contribution >= 4 is 16.9 Å². The van der Waals surface area contributed by atoms with Crippen LogP contribution >= 0.6 is 0 Å². The Morgan fingerprint density at radius 2 is 1.50 bits per heavy atom. The summed E-state index contributed by atoms with van der Waals surface area (Å²) < 4.78 is 30.6. The highest BCUT2D eigenvalue weighted by Crippen LogP contribution is 2.66. The zero-order valence-electron chi connectivity index (χ0n) is 20.2. The van der Waals surface area contributed by atoms with E-state index < -0.39 is 21.3 Å². The first-order valence-electron chi connectivity index (χ1n) is 12.3. The van der Waals surface area contributed by atoms with Crippen LogP contribution in [0.1, 0.15) is 78.7 Å². The summed E-state index contributed by atoms with van der Waals surface area (Å²) in [7, 11) is -1.46. The van der Waals surface area contributed by atoms with E-state index in [1.165, 1.54) is 31.4 Å². The Hall–Kier alpha value is -1.27. The molecular weight excluding hydrogens is 423 g/mol. The first-order valence-corrected chi connectivity index (χ1v) is 13.4. The summed E-state index contributed by atoms with van der Waals surface area (Å²) in [6.07, 6.45) is 6.66. The van der Waals surface area contributed by atoms with Crippen LogP contribution in [0.5, 0.6) is 0 Å². The van der Waals surface area contributed by atoms with Crippen LogP contribution < -0.4 is 4.72 Å². The average molecular weight is 463 g/mol. The number of benzene rings is 1. The van der Waals surface area contributed by atoms with Crippen molar-refractivity contribution in [3.8, 4) is 0 Å². The minimum Gasteiger partial charge on any atom is -0.341 e. The van der Waals surface area contributed by atoms with Crippen LogP contribution in [0.15, 0.2) is 24.3 Å². The van der Waals surface area contributed by atoms with E-state index >= 15 is 0 Å². The third kappa shape index (κ3) is 3.85. The van der Waals surface area contributed by atoms with E-state index in [9.17, 15) is 13.4 Å². The number of amides is 1. The summed E-state index contributed by atoms with van der Waals surface area (Å²) in [6.45, 7) is 11.0. The lowest BCUT2D eigenvalue weighted by Gasteiger charge is -2.63. The van der Waals surface area contributed by atoms with Crippen LogP contribution in [0.4, 0.5) is 4.39 Å². The maximum atomic E-state index is 14.5. The van der Waals surface area contributed by atoms with Gasteiger partial charge in [0.15, 0.2) is 0 Å². The maximum Gasteiger partial charge on any atom is 0.248 e. The second kappa shape index (κ2) is 8.50. The molecule has 1 N–H and O–H groups in total. The highest BCUT2D eigenvalue weighted by Gasteiger charge is 2.65. The summed E-state index contributed by atoms with van der Waals surface area (Å²) in [4.78, 5) is 16.4. The molecule has 4 aliphatic rings. The molecule has 1 aromatic rings. The van der Waals surface area contributed by atoms with Crippen molar-refractivity contribution in [3.05, 3.63) is 35.6 Å². The molecule has 1 amide bonds. The summed E-state index contributed by atoms with van der Waals surface area (Å²) in [5.41, 5.74) is -0.670. The number of likely N-dealkylation sites (N-methyl/N-ethyl adjacent to an activating group) is 1. The molecule has 0 heterocycles. The van der Waals surface area contributed by atoms with Crippen molar-refractivity contribution in [2.24, 2.45) is 23.2 Å². The predicted octanol–water partition coefficient (Wildman–Crippen LogP) is 5.16. The van der Waals surface area contributed by atoms with E-state index in [0.717, 1.165) is 24.8 Å². The molecule has 4 saturated carbocycles. The molecule has 4 bridgehead atoms. The highest BCUT2D eigenvalue weighted by molar-refractivity contribution is 7.84. The Morgan fingerprint density at radius 3 is 1.91 bits per heavy atom. The van der Waals surface area contributed by atoms with Crippen molar-refractivity contribution in [3.63, 3.8) is 0 Å². The zero-order valence-corrected chi connectivity index (χ0v) is 21.1. The molecular formula is C26H39FN2O2S. The molecule has 6 heteroatoms. The molecule has 4 fully saturated rings. The van der Waals surface area contributed by atoms with Gasteiger partial charge in [0.05, 0.1) is 15.7 Å². The minimum atomic E-state index is -1.46. The first-order chi connectivity index (χ1) is 15.0. The summed E-state index contributed by atoms with van der Waals surface area (Å²) >= 11 is 0. The molecule has 0 saturated heterocycles. The molecule has 4 nitrogen and oxygen atoms in total. The quantitative estimate of drug-likeness (QED) is 0.609. The van der Waals surface area contributed by atoms with Gasteiger partial charge in [0.1, 0.15) is 11.4 Å². The van der Waals surface area contributed by atoms with Gasteiger partial charge in [0, 0.05) is 18.5 Å². The topological polar surface area (TPSA) is 49.4 Å². The molecule has 0 radical (unpaired) electrons. The largest absolute Gasteiger partial charge is 0.341 e. The Balaban J connectivity index is 1.95. The fourth-order valence-electron chi connectivity index (χ4n) is 7.18. The maximum absolute atomic E-state index is 14.5. The van der Waals surface area contributed by atoms with Crippen LogP contribution in [0.3, 0.4) is 0 Å². The molecule has 0 unspecified atom stereocenters. The van der Waals surface area contributed by atoms with Gasteiger partial charge in [-0.1, -0.05) is 12.1 Å². The van der Waals surface area contributed by atoms with Crippen LogP contribution in [-0.4, -0.2) is 32.9 Å². The predicted molar refractivity (Wildman–Crippen MR) is 128 cm³/mol. The van der Waals surface area contributed by atoms with Crippen molar-refractivity contribution in [2.75, 3.05) is 13.1 Å². The minimum absolute atomic E-state index is 0.00587. The second-order valence-electron chi connectivity index (χ2n) is 11.4. The lowest BCUT2D eigenvalue weighted by atomic mass is 9.43.